The highest BCUT2D eigenvalue weighted by Crippen LogP contribution is 2.22. The number of rotatable bonds is 2. The average molecular weight is 305 g/mol. The third-order valence-electron chi connectivity index (χ3n) is 2.47. The molecule has 0 saturated carbocycles. The van der Waals surface area contributed by atoms with E-state index in [1.54, 1.807) is 12.4 Å². The van der Waals surface area contributed by atoms with Crippen LogP contribution in [0, 0.1) is 0 Å². The number of allylic oxidation sites excluding steroid dienone is 2. The number of hydrogen-bond donors (Lipinski definition) is 1. The SMILES string of the molecule is Brc1cncc(-c2nc(C3=CC=CNC3)no2)c1. The van der Waals surface area contributed by atoms with E-state index in [9.17, 15) is 0 Å². The lowest BCUT2D eigenvalue weighted by Crippen LogP contribution is -2.12. The third-order valence-corrected chi connectivity index (χ3v) is 2.90. The Morgan fingerprint density at radius 2 is 2.28 bits per heavy atom. The van der Waals surface area contributed by atoms with Crippen LogP contribution < -0.4 is 5.32 Å². The number of dihydropyridines is 1. The van der Waals surface area contributed by atoms with Crippen molar-refractivity contribution in [1.29, 1.82) is 0 Å². The highest BCUT2D eigenvalue weighted by molar-refractivity contribution is 9.10. The summed E-state index contributed by atoms with van der Waals surface area (Å²) < 4.78 is 6.12. The van der Waals surface area contributed by atoms with Gasteiger partial charge in [-0.05, 0) is 34.3 Å². The minimum absolute atomic E-state index is 0.467. The van der Waals surface area contributed by atoms with E-state index in [1.165, 1.54) is 0 Å². The van der Waals surface area contributed by atoms with Gasteiger partial charge in [0.15, 0.2) is 0 Å². The molecule has 2 aromatic rings. The number of nitrogens with one attached hydrogen (secondary N) is 1. The second-order valence-electron chi connectivity index (χ2n) is 3.75. The number of pyridine rings is 1. The Bertz CT molecular complexity index is 633. The van der Waals surface area contributed by atoms with Crippen LogP contribution in [0.4, 0.5) is 0 Å². The molecule has 0 aromatic carbocycles. The maximum atomic E-state index is 5.24. The van der Waals surface area contributed by atoms with Crippen molar-refractivity contribution in [3.05, 3.63) is 47.1 Å². The van der Waals surface area contributed by atoms with Crippen LogP contribution in [0.15, 0.2) is 45.8 Å². The molecule has 0 spiro atoms. The number of nitrogens with zero attached hydrogens (tertiary/aromatic N) is 3. The summed E-state index contributed by atoms with van der Waals surface area (Å²) in [6.07, 6.45) is 9.15. The van der Waals surface area contributed by atoms with Crippen LogP contribution in [-0.2, 0) is 0 Å². The topological polar surface area (TPSA) is 63.8 Å². The van der Waals surface area contributed by atoms with Gasteiger partial charge in [0.1, 0.15) is 0 Å². The molecule has 18 heavy (non-hydrogen) atoms. The van der Waals surface area contributed by atoms with Crippen LogP contribution in [0.3, 0.4) is 0 Å². The highest BCUT2D eigenvalue weighted by atomic mass is 79.9. The predicted molar refractivity (Wildman–Crippen MR) is 70.3 cm³/mol. The molecule has 0 radical (unpaired) electrons. The first-order valence-electron chi connectivity index (χ1n) is 5.37. The number of aromatic nitrogens is 3. The highest BCUT2D eigenvalue weighted by Gasteiger charge is 2.13. The first-order valence-corrected chi connectivity index (χ1v) is 6.16. The van der Waals surface area contributed by atoms with Crippen molar-refractivity contribution in [1.82, 2.24) is 20.4 Å². The second kappa shape index (κ2) is 4.73. The van der Waals surface area contributed by atoms with Gasteiger partial charge < -0.3 is 9.84 Å². The Morgan fingerprint density at radius 1 is 1.33 bits per heavy atom. The molecule has 1 N–H and O–H groups in total. The molecule has 0 bridgehead atoms. The lowest BCUT2D eigenvalue weighted by Gasteiger charge is -2.05. The molecule has 0 atom stereocenters. The quantitative estimate of drug-likeness (QED) is 0.923. The minimum Gasteiger partial charge on any atom is -0.387 e. The molecule has 3 heterocycles. The Morgan fingerprint density at radius 3 is 3.06 bits per heavy atom. The standard InChI is InChI=1S/C12H9BrN4O/c13-10-4-9(6-15-7-10)12-16-11(17-18-12)8-2-1-3-14-5-8/h1-4,6-7,14H,5H2. The molecule has 0 aliphatic carbocycles. The van der Waals surface area contributed by atoms with Gasteiger partial charge in [0, 0.05) is 29.0 Å². The van der Waals surface area contributed by atoms with Crippen LogP contribution in [0.25, 0.3) is 17.0 Å². The Kier molecular flexibility index (Phi) is 2.93. The van der Waals surface area contributed by atoms with Gasteiger partial charge in [-0.3, -0.25) is 4.98 Å². The van der Waals surface area contributed by atoms with E-state index in [0.717, 1.165) is 15.6 Å². The fraction of sp³-hybridized carbons (Fsp3) is 0.0833. The maximum Gasteiger partial charge on any atom is 0.259 e. The molecule has 0 fully saturated rings. The van der Waals surface area contributed by atoms with Gasteiger partial charge in [0.2, 0.25) is 5.82 Å². The fourth-order valence-electron chi connectivity index (χ4n) is 1.61. The lowest BCUT2D eigenvalue weighted by molar-refractivity contribution is 0.428. The van der Waals surface area contributed by atoms with Crippen molar-refractivity contribution in [3.63, 3.8) is 0 Å². The number of hydrogen-bond acceptors (Lipinski definition) is 5. The summed E-state index contributed by atoms with van der Waals surface area (Å²) in [5, 5.41) is 7.08. The van der Waals surface area contributed by atoms with Crippen molar-refractivity contribution in [2.75, 3.05) is 6.54 Å². The van der Waals surface area contributed by atoms with Crippen LogP contribution in [0.1, 0.15) is 5.82 Å². The van der Waals surface area contributed by atoms with Gasteiger partial charge in [0.25, 0.3) is 5.89 Å². The normalized spacial score (nSPS) is 14.2. The zero-order valence-corrected chi connectivity index (χ0v) is 10.9. The van der Waals surface area contributed by atoms with E-state index >= 15 is 0 Å². The molecule has 3 rings (SSSR count). The van der Waals surface area contributed by atoms with Crippen molar-refractivity contribution >= 4 is 21.5 Å². The third kappa shape index (κ3) is 2.19. The molecule has 1 aliphatic rings. The van der Waals surface area contributed by atoms with Crippen LogP contribution in [0.5, 0.6) is 0 Å². The summed E-state index contributed by atoms with van der Waals surface area (Å²) in [5.74, 6) is 1.07. The van der Waals surface area contributed by atoms with Gasteiger partial charge in [-0.1, -0.05) is 11.2 Å². The maximum absolute atomic E-state index is 5.24. The van der Waals surface area contributed by atoms with Gasteiger partial charge in [0.05, 0.1) is 5.56 Å². The Labute approximate surface area is 112 Å². The van der Waals surface area contributed by atoms with E-state index in [-0.39, 0.29) is 0 Å². The summed E-state index contributed by atoms with van der Waals surface area (Å²) in [6.45, 7) is 0.701. The van der Waals surface area contributed by atoms with Crippen LogP contribution >= 0.6 is 15.9 Å². The van der Waals surface area contributed by atoms with Crippen molar-refractivity contribution in [3.8, 4) is 11.5 Å². The smallest absolute Gasteiger partial charge is 0.259 e. The van der Waals surface area contributed by atoms with E-state index in [2.05, 4.69) is 36.4 Å². The first-order chi connectivity index (χ1) is 8.83. The summed E-state index contributed by atoms with van der Waals surface area (Å²) in [6, 6.07) is 1.89. The summed E-state index contributed by atoms with van der Waals surface area (Å²) in [7, 11) is 0. The molecular formula is C12H9BrN4O. The summed E-state index contributed by atoms with van der Waals surface area (Å²) >= 11 is 3.36. The molecular weight excluding hydrogens is 296 g/mol. The zero-order valence-electron chi connectivity index (χ0n) is 9.30. The van der Waals surface area contributed by atoms with Gasteiger partial charge in [-0.2, -0.15) is 4.98 Å². The fourth-order valence-corrected chi connectivity index (χ4v) is 1.98. The molecule has 6 heteroatoms. The molecule has 1 aliphatic heterocycles. The van der Waals surface area contributed by atoms with E-state index in [4.69, 9.17) is 4.52 Å². The molecule has 0 amide bonds. The van der Waals surface area contributed by atoms with Crippen LogP contribution in [-0.4, -0.2) is 21.7 Å². The second-order valence-corrected chi connectivity index (χ2v) is 4.66. The minimum atomic E-state index is 0.467. The predicted octanol–water partition coefficient (Wildman–Crippen LogP) is 2.39. The average Bonchev–Trinajstić information content (AvgIpc) is 2.89. The molecule has 0 unspecified atom stereocenters. The van der Waals surface area contributed by atoms with Crippen molar-refractivity contribution in [2.45, 2.75) is 0 Å². The molecule has 2 aromatic heterocycles. The molecule has 5 nitrogen and oxygen atoms in total. The van der Waals surface area contributed by atoms with Crippen LogP contribution in [0.2, 0.25) is 0 Å². The van der Waals surface area contributed by atoms with Gasteiger partial charge in [-0.15, -0.1) is 0 Å². The molecule has 0 saturated heterocycles. The lowest BCUT2D eigenvalue weighted by atomic mass is 10.2. The monoisotopic (exact) mass is 304 g/mol. The number of halogens is 1. The summed E-state index contributed by atoms with van der Waals surface area (Å²) in [5.41, 5.74) is 1.79. The Balaban J connectivity index is 1.94. The van der Waals surface area contributed by atoms with E-state index in [1.807, 2.05) is 24.4 Å². The van der Waals surface area contributed by atoms with Gasteiger partial charge in [-0.25, -0.2) is 0 Å². The van der Waals surface area contributed by atoms with Gasteiger partial charge >= 0.3 is 0 Å². The van der Waals surface area contributed by atoms with E-state index in [0.29, 0.717) is 18.3 Å². The van der Waals surface area contributed by atoms with E-state index < -0.39 is 0 Å². The first kappa shape index (κ1) is 11.2. The summed E-state index contributed by atoms with van der Waals surface area (Å²) in [4.78, 5) is 8.43. The van der Waals surface area contributed by atoms with Crippen molar-refractivity contribution < 1.29 is 4.52 Å². The Hall–Kier alpha value is -1.95. The van der Waals surface area contributed by atoms with Crippen molar-refractivity contribution in [2.24, 2.45) is 0 Å². The largest absolute Gasteiger partial charge is 0.387 e. The zero-order chi connectivity index (χ0) is 12.4. The molecule has 90 valence electrons.